The smallest absolute Gasteiger partial charge is 0.306 e. The maximum absolute atomic E-state index is 10.7. The summed E-state index contributed by atoms with van der Waals surface area (Å²) in [7, 11) is 0. The average Bonchev–Trinajstić information content (AvgIpc) is 3.23. The van der Waals surface area contributed by atoms with Gasteiger partial charge in [-0.15, -0.1) is 0 Å². The van der Waals surface area contributed by atoms with Crippen LogP contribution in [0, 0.1) is 27.7 Å². The monoisotopic (exact) mass is 528 g/mol. The van der Waals surface area contributed by atoms with Crippen LogP contribution in [0.15, 0.2) is 30.9 Å². The van der Waals surface area contributed by atoms with Gasteiger partial charge in [-0.2, -0.15) is 0 Å². The number of carboxylic acid groups (broad SMARTS) is 1. The number of aliphatic carboxylic acids is 1. The molecule has 0 aromatic heterocycles. The van der Waals surface area contributed by atoms with E-state index >= 15 is 0 Å². The maximum Gasteiger partial charge on any atom is 0.306 e. The highest BCUT2D eigenvalue weighted by Crippen LogP contribution is 2.41. The van der Waals surface area contributed by atoms with Crippen molar-refractivity contribution >= 4 is 11.9 Å². The van der Waals surface area contributed by atoms with E-state index in [0.717, 1.165) is 52.8 Å². The van der Waals surface area contributed by atoms with E-state index in [1.54, 1.807) is 26.0 Å². The largest absolute Gasteiger partial charge is 0.508 e. The van der Waals surface area contributed by atoms with Crippen molar-refractivity contribution in [3.8, 4) is 23.0 Å². The summed E-state index contributed by atoms with van der Waals surface area (Å²) >= 11 is 0. The highest BCUT2D eigenvalue weighted by molar-refractivity contribution is 5.72. The summed E-state index contributed by atoms with van der Waals surface area (Å²) in [5.41, 5.74) is 3.43. The first-order chi connectivity index (χ1) is 17.6. The van der Waals surface area contributed by atoms with E-state index in [-0.39, 0.29) is 29.5 Å². The van der Waals surface area contributed by atoms with Crippen LogP contribution >= 0.6 is 0 Å². The van der Waals surface area contributed by atoms with Crippen molar-refractivity contribution in [1.29, 1.82) is 0 Å². The predicted octanol–water partition coefficient (Wildman–Crippen LogP) is 5.94. The molecule has 1 saturated heterocycles. The van der Waals surface area contributed by atoms with Gasteiger partial charge in [0.05, 0.1) is 0 Å². The zero-order valence-electron chi connectivity index (χ0n) is 23.2. The van der Waals surface area contributed by atoms with Crippen LogP contribution in [0.1, 0.15) is 73.8 Å². The van der Waals surface area contributed by atoms with Gasteiger partial charge in [0, 0.05) is 19.3 Å². The molecule has 2 aromatic rings. The van der Waals surface area contributed by atoms with Crippen LogP contribution in [0.3, 0.4) is 0 Å². The van der Waals surface area contributed by atoms with Crippen LogP contribution < -0.4 is 4.74 Å². The molecule has 0 saturated carbocycles. The first-order valence-corrected chi connectivity index (χ1v) is 12.7. The molecule has 2 unspecified atom stereocenters. The fourth-order valence-electron chi connectivity index (χ4n) is 4.16. The minimum Gasteiger partial charge on any atom is -0.508 e. The van der Waals surface area contributed by atoms with E-state index in [1.165, 1.54) is 12.1 Å². The Morgan fingerprint density at radius 1 is 0.921 bits per heavy atom. The molecule has 0 amide bonds. The third-order valence-electron chi connectivity index (χ3n) is 7.36. The normalized spacial score (nSPS) is 21.5. The fraction of sp³-hybridized carbons (Fsp3) is 0.467. The van der Waals surface area contributed by atoms with Crippen LogP contribution in [0.5, 0.6) is 23.0 Å². The summed E-state index contributed by atoms with van der Waals surface area (Å²) in [5.74, 6) is 0.667. The highest BCUT2D eigenvalue weighted by Gasteiger charge is 2.34. The summed E-state index contributed by atoms with van der Waals surface area (Å²) in [6.45, 7) is 14.7. The Morgan fingerprint density at radius 2 is 1.47 bits per heavy atom. The topological polar surface area (TPSA) is 134 Å². The Bertz CT molecular complexity index is 1170. The number of phenolic OH excluding ortho intramolecular Hbond substituents is 3. The molecule has 2 atom stereocenters. The van der Waals surface area contributed by atoms with Crippen molar-refractivity contribution in [3.63, 3.8) is 0 Å². The second kappa shape index (κ2) is 12.2. The lowest BCUT2D eigenvalue weighted by atomic mass is 9.87. The van der Waals surface area contributed by atoms with Gasteiger partial charge in [0.1, 0.15) is 34.2 Å². The molecular weight excluding hydrogens is 488 g/mol. The van der Waals surface area contributed by atoms with E-state index in [4.69, 9.17) is 24.8 Å². The van der Waals surface area contributed by atoms with Crippen molar-refractivity contribution in [2.45, 2.75) is 91.3 Å². The molecule has 0 aliphatic carbocycles. The van der Waals surface area contributed by atoms with E-state index in [1.807, 2.05) is 27.7 Å². The highest BCUT2D eigenvalue weighted by atomic mass is 16.6. The number of aryl methyl sites for hydroxylation is 1. The van der Waals surface area contributed by atoms with Crippen LogP contribution in [0.4, 0.5) is 0 Å². The van der Waals surface area contributed by atoms with E-state index in [2.05, 4.69) is 6.58 Å². The lowest BCUT2D eigenvalue weighted by Crippen LogP contribution is -2.37. The van der Waals surface area contributed by atoms with Crippen LogP contribution in [-0.2, 0) is 20.7 Å². The number of hydrogen-bond acceptors (Lipinski definition) is 7. The van der Waals surface area contributed by atoms with Crippen molar-refractivity contribution in [3.05, 3.63) is 58.7 Å². The molecule has 0 radical (unpaired) electrons. The lowest BCUT2D eigenvalue weighted by Gasteiger charge is -2.37. The number of phenols is 3. The molecule has 2 aliphatic rings. The molecule has 8 nitrogen and oxygen atoms in total. The van der Waals surface area contributed by atoms with Gasteiger partial charge >= 0.3 is 11.9 Å². The summed E-state index contributed by atoms with van der Waals surface area (Å²) < 4.78 is 11.0. The van der Waals surface area contributed by atoms with E-state index in [0.29, 0.717) is 18.6 Å². The van der Waals surface area contributed by atoms with Gasteiger partial charge in [-0.1, -0.05) is 6.58 Å². The van der Waals surface area contributed by atoms with Crippen molar-refractivity contribution in [2.75, 3.05) is 0 Å². The maximum atomic E-state index is 10.7. The molecule has 0 bridgehead atoms. The fourth-order valence-corrected chi connectivity index (χ4v) is 4.16. The Balaban J connectivity index is 0.000000224. The zero-order valence-corrected chi connectivity index (χ0v) is 23.2. The minimum absolute atomic E-state index is 0.113. The molecule has 8 heteroatoms. The average molecular weight is 529 g/mol. The number of carbonyl (C=O) groups is 2. The molecular formula is C30H40O8. The number of aromatic hydroxyl groups is 3. The predicted molar refractivity (Wildman–Crippen MR) is 145 cm³/mol. The van der Waals surface area contributed by atoms with Crippen LogP contribution in [-0.4, -0.2) is 43.6 Å². The number of benzene rings is 2. The minimum atomic E-state index is -0.797. The molecule has 2 aromatic carbocycles. The number of fused-ring (bicyclic) bond motifs is 1. The number of esters is 1. The first-order valence-electron chi connectivity index (χ1n) is 12.7. The molecule has 4 N–H and O–H groups in total. The number of rotatable bonds is 4. The van der Waals surface area contributed by atoms with Gasteiger partial charge in [0.2, 0.25) is 0 Å². The summed E-state index contributed by atoms with van der Waals surface area (Å²) in [5, 5.41) is 36.9. The molecule has 0 spiro atoms. The quantitative estimate of drug-likeness (QED) is 0.218. The van der Waals surface area contributed by atoms with Crippen molar-refractivity contribution < 1.29 is 39.5 Å². The number of ether oxygens (including phenoxy) is 2. The second-order valence-corrected chi connectivity index (χ2v) is 10.4. The van der Waals surface area contributed by atoms with Gasteiger partial charge in [-0.25, -0.2) is 0 Å². The SMILES string of the molecule is C=CC1(C)CCC(=O)O1.Cc1c(O)cc2c(c1C)OC(C)(CCC(=O)O)CC2.Cc1c(O)ccc(O)c1C. The molecule has 208 valence electrons. The van der Waals surface area contributed by atoms with Gasteiger partial charge in [0.25, 0.3) is 0 Å². The lowest BCUT2D eigenvalue weighted by molar-refractivity contribution is -0.144. The Morgan fingerprint density at radius 3 is 1.92 bits per heavy atom. The molecule has 2 aliphatic heterocycles. The zero-order chi connectivity index (χ0) is 28.8. The van der Waals surface area contributed by atoms with Gasteiger partial charge < -0.3 is 29.9 Å². The summed E-state index contributed by atoms with van der Waals surface area (Å²) in [6, 6.07) is 4.73. The summed E-state index contributed by atoms with van der Waals surface area (Å²) in [6.07, 6.45) is 5.17. The second-order valence-electron chi connectivity index (χ2n) is 10.4. The van der Waals surface area contributed by atoms with E-state index in [9.17, 15) is 14.7 Å². The van der Waals surface area contributed by atoms with Crippen LogP contribution in [0.2, 0.25) is 0 Å². The third kappa shape index (κ3) is 7.66. The van der Waals surface area contributed by atoms with Gasteiger partial charge in [-0.3, -0.25) is 9.59 Å². The number of hydrogen-bond donors (Lipinski definition) is 4. The van der Waals surface area contributed by atoms with E-state index < -0.39 is 11.6 Å². The van der Waals surface area contributed by atoms with Gasteiger partial charge in [0.15, 0.2) is 0 Å². The number of cyclic esters (lactones) is 1. The number of carboxylic acids is 1. The Labute approximate surface area is 224 Å². The standard InChI is InChI=1S/C15H20O4.C8H10O2.C7H10O2/c1-9-10(2)14-11(8-12(9)16)4-6-15(3,19-14)7-5-13(17)18;1-5-6(2)8(10)4-3-7(5)9;1-3-7(2)5-4-6(8)9-7/h8,16H,4-7H2,1-3H3,(H,17,18);3-4,9-10H,1-2H3;3H,1,4-5H2,2H3. The van der Waals surface area contributed by atoms with Crippen molar-refractivity contribution in [2.24, 2.45) is 0 Å². The first kappa shape index (κ1) is 30.5. The summed E-state index contributed by atoms with van der Waals surface area (Å²) in [4.78, 5) is 21.3. The number of carbonyl (C=O) groups excluding carboxylic acids is 1. The third-order valence-corrected chi connectivity index (χ3v) is 7.36. The van der Waals surface area contributed by atoms with Crippen molar-refractivity contribution in [1.82, 2.24) is 0 Å². The molecule has 1 fully saturated rings. The van der Waals surface area contributed by atoms with Crippen LogP contribution in [0.25, 0.3) is 0 Å². The molecule has 38 heavy (non-hydrogen) atoms. The Kier molecular flexibility index (Phi) is 9.84. The van der Waals surface area contributed by atoms with Gasteiger partial charge in [-0.05, 0) is 113 Å². The molecule has 2 heterocycles. The Hall–Kier alpha value is -3.68. The molecule has 4 rings (SSSR count).